The summed E-state index contributed by atoms with van der Waals surface area (Å²) in [4.78, 5) is 12.4. The molecule has 0 unspecified atom stereocenters. The summed E-state index contributed by atoms with van der Waals surface area (Å²) >= 11 is 0. The maximum atomic E-state index is 12.4. The van der Waals surface area contributed by atoms with Gasteiger partial charge in [0.25, 0.3) is 0 Å². The van der Waals surface area contributed by atoms with E-state index < -0.39 is 0 Å². The fraction of sp³-hybridized carbons (Fsp3) is 0.280. The van der Waals surface area contributed by atoms with E-state index in [0.717, 1.165) is 17.4 Å². The number of fused-ring (bicyclic) bond motifs is 1. The second-order valence-corrected chi connectivity index (χ2v) is 8.62. The average molecular weight is 370 g/mol. The lowest BCUT2D eigenvalue weighted by molar-refractivity contribution is -0.122. The van der Waals surface area contributed by atoms with Crippen molar-refractivity contribution in [3.8, 4) is 0 Å². The zero-order valence-corrected chi connectivity index (χ0v) is 16.6. The van der Waals surface area contributed by atoms with Crippen LogP contribution in [0.4, 0.5) is 0 Å². The van der Waals surface area contributed by atoms with Crippen LogP contribution in [0.1, 0.15) is 49.8 Å². The van der Waals surface area contributed by atoms with Crippen LogP contribution in [0.2, 0.25) is 0 Å². The Morgan fingerprint density at radius 3 is 2.46 bits per heavy atom. The normalized spacial score (nSPS) is 19.1. The van der Waals surface area contributed by atoms with Crippen LogP contribution in [0.25, 0.3) is 10.8 Å². The number of carbonyl (C=O) groups excluding carboxylic acids is 1. The van der Waals surface area contributed by atoms with Crippen molar-refractivity contribution in [2.75, 3.05) is 0 Å². The number of benzene rings is 3. The minimum absolute atomic E-state index is 0.00128. The van der Waals surface area contributed by atoms with E-state index in [-0.39, 0.29) is 17.2 Å². The number of hydrazone groups is 1. The third kappa shape index (κ3) is 3.84. The molecule has 1 N–H and O–H groups in total. The maximum Gasteiger partial charge on any atom is 0.243 e. The predicted molar refractivity (Wildman–Crippen MR) is 116 cm³/mol. The molecule has 0 spiro atoms. The SMILES string of the molecule is CC(C)(C)c1ccc([C@H]2C[C@H]2C(=O)NN=Cc2cccc3ccccc23)cc1. The van der Waals surface area contributed by atoms with Gasteiger partial charge in [-0.3, -0.25) is 4.79 Å². The summed E-state index contributed by atoms with van der Waals surface area (Å²) in [5, 5.41) is 6.50. The van der Waals surface area contributed by atoms with Crippen molar-refractivity contribution in [2.45, 2.75) is 38.5 Å². The predicted octanol–water partition coefficient (Wildman–Crippen LogP) is 5.39. The van der Waals surface area contributed by atoms with E-state index in [0.29, 0.717) is 5.92 Å². The molecule has 0 heterocycles. The Morgan fingerprint density at radius 2 is 1.71 bits per heavy atom. The first-order chi connectivity index (χ1) is 13.4. The minimum Gasteiger partial charge on any atom is -0.273 e. The van der Waals surface area contributed by atoms with E-state index >= 15 is 0 Å². The lowest BCUT2D eigenvalue weighted by Crippen LogP contribution is -2.20. The van der Waals surface area contributed by atoms with Crippen molar-refractivity contribution in [2.24, 2.45) is 11.0 Å². The molecular formula is C25H26N2O. The highest BCUT2D eigenvalue weighted by molar-refractivity contribution is 6.00. The van der Waals surface area contributed by atoms with Crippen molar-refractivity contribution in [3.05, 3.63) is 83.4 Å². The van der Waals surface area contributed by atoms with Gasteiger partial charge in [-0.25, -0.2) is 5.43 Å². The molecule has 1 aliphatic rings. The topological polar surface area (TPSA) is 41.5 Å². The molecule has 0 aliphatic heterocycles. The Balaban J connectivity index is 1.38. The van der Waals surface area contributed by atoms with Crippen LogP contribution in [0.3, 0.4) is 0 Å². The van der Waals surface area contributed by atoms with E-state index in [2.05, 4.69) is 73.8 Å². The van der Waals surface area contributed by atoms with Crippen LogP contribution >= 0.6 is 0 Å². The average Bonchev–Trinajstić information content (AvgIpc) is 3.48. The Bertz CT molecular complexity index is 1020. The zero-order valence-electron chi connectivity index (χ0n) is 16.6. The van der Waals surface area contributed by atoms with Gasteiger partial charge in [-0.05, 0) is 39.7 Å². The molecule has 1 saturated carbocycles. The maximum absolute atomic E-state index is 12.4. The van der Waals surface area contributed by atoms with E-state index in [9.17, 15) is 4.79 Å². The Kier molecular flexibility index (Phi) is 4.76. The third-order valence-corrected chi connectivity index (χ3v) is 5.53. The fourth-order valence-electron chi connectivity index (χ4n) is 3.69. The molecule has 3 nitrogen and oxygen atoms in total. The van der Waals surface area contributed by atoms with E-state index in [1.807, 2.05) is 24.3 Å². The van der Waals surface area contributed by atoms with Crippen LogP contribution in [-0.4, -0.2) is 12.1 Å². The minimum atomic E-state index is 0.00128. The summed E-state index contributed by atoms with van der Waals surface area (Å²) in [6, 6.07) is 23.0. The van der Waals surface area contributed by atoms with Crippen LogP contribution in [0.5, 0.6) is 0 Å². The summed E-state index contributed by atoms with van der Waals surface area (Å²) < 4.78 is 0. The Morgan fingerprint density at radius 1 is 1.00 bits per heavy atom. The molecule has 0 radical (unpaired) electrons. The third-order valence-electron chi connectivity index (χ3n) is 5.53. The number of nitrogens with one attached hydrogen (secondary N) is 1. The van der Waals surface area contributed by atoms with Gasteiger partial charge in [-0.15, -0.1) is 0 Å². The van der Waals surface area contributed by atoms with Crippen LogP contribution in [-0.2, 0) is 10.2 Å². The number of amides is 1. The summed E-state index contributed by atoms with van der Waals surface area (Å²) in [6.07, 6.45) is 2.63. The molecule has 142 valence electrons. The van der Waals surface area contributed by atoms with Crippen molar-refractivity contribution in [3.63, 3.8) is 0 Å². The molecule has 1 aliphatic carbocycles. The number of nitrogens with zero attached hydrogens (tertiary/aromatic N) is 1. The number of hydrogen-bond donors (Lipinski definition) is 1. The van der Waals surface area contributed by atoms with Gasteiger partial charge in [0.05, 0.1) is 6.21 Å². The van der Waals surface area contributed by atoms with Crippen LogP contribution in [0, 0.1) is 5.92 Å². The van der Waals surface area contributed by atoms with E-state index in [1.165, 1.54) is 16.5 Å². The van der Waals surface area contributed by atoms with E-state index in [1.54, 1.807) is 6.21 Å². The van der Waals surface area contributed by atoms with Gasteiger partial charge in [0.15, 0.2) is 0 Å². The molecular weight excluding hydrogens is 344 g/mol. The van der Waals surface area contributed by atoms with Crippen molar-refractivity contribution in [1.29, 1.82) is 0 Å². The Labute approximate surface area is 166 Å². The Hall–Kier alpha value is -2.94. The molecule has 28 heavy (non-hydrogen) atoms. The smallest absolute Gasteiger partial charge is 0.243 e. The first kappa shape index (κ1) is 18.4. The molecule has 3 aromatic rings. The first-order valence-corrected chi connectivity index (χ1v) is 9.84. The van der Waals surface area contributed by atoms with Gasteiger partial charge in [0.2, 0.25) is 5.91 Å². The van der Waals surface area contributed by atoms with Crippen molar-refractivity contribution >= 4 is 22.9 Å². The highest BCUT2D eigenvalue weighted by atomic mass is 16.2. The van der Waals surface area contributed by atoms with Crippen LogP contribution in [0.15, 0.2) is 71.8 Å². The molecule has 3 aromatic carbocycles. The summed E-state index contributed by atoms with van der Waals surface area (Å²) in [6.45, 7) is 6.63. The number of carbonyl (C=O) groups is 1. The molecule has 0 saturated heterocycles. The zero-order chi connectivity index (χ0) is 19.7. The largest absolute Gasteiger partial charge is 0.273 e. The monoisotopic (exact) mass is 370 g/mol. The highest BCUT2D eigenvalue weighted by Crippen LogP contribution is 2.47. The lowest BCUT2D eigenvalue weighted by atomic mass is 9.86. The highest BCUT2D eigenvalue weighted by Gasteiger charge is 2.43. The van der Waals surface area contributed by atoms with Crippen LogP contribution < -0.4 is 5.43 Å². The fourth-order valence-corrected chi connectivity index (χ4v) is 3.69. The molecule has 0 bridgehead atoms. The first-order valence-electron chi connectivity index (χ1n) is 9.84. The van der Waals surface area contributed by atoms with Gasteiger partial charge >= 0.3 is 0 Å². The molecule has 0 aromatic heterocycles. The molecule has 3 heteroatoms. The standard InChI is InChI=1S/C25H26N2O/c1-25(2,3)20-13-11-18(12-14-20)22-15-23(22)24(28)27-26-16-19-9-6-8-17-7-4-5-10-21(17)19/h4-14,16,22-23H,15H2,1-3H3,(H,27,28)/t22-,23-/m1/s1. The second kappa shape index (κ2) is 7.23. The van der Waals surface area contributed by atoms with Gasteiger partial charge in [-0.1, -0.05) is 87.5 Å². The van der Waals surface area contributed by atoms with Crippen molar-refractivity contribution in [1.82, 2.24) is 5.43 Å². The second-order valence-electron chi connectivity index (χ2n) is 8.62. The number of rotatable bonds is 4. The van der Waals surface area contributed by atoms with Gasteiger partial charge in [0.1, 0.15) is 0 Å². The molecule has 4 rings (SSSR count). The summed E-state index contributed by atoms with van der Waals surface area (Å²) in [5.74, 6) is 0.327. The number of hydrogen-bond acceptors (Lipinski definition) is 2. The summed E-state index contributed by atoms with van der Waals surface area (Å²) in [5.41, 5.74) is 6.43. The van der Waals surface area contributed by atoms with Gasteiger partial charge < -0.3 is 0 Å². The molecule has 1 amide bonds. The summed E-state index contributed by atoms with van der Waals surface area (Å²) in [7, 11) is 0. The molecule has 1 fully saturated rings. The lowest BCUT2D eigenvalue weighted by Gasteiger charge is -2.19. The van der Waals surface area contributed by atoms with E-state index in [4.69, 9.17) is 0 Å². The molecule has 2 atom stereocenters. The van der Waals surface area contributed by atoms with Gasteiger partial charge in [0, 0.05) is 11.5 Å². The van der Waals surface area contributed by atoms with Gasteiger partial charge in [-0.2, -0.15) is 5.10 Å². The van der Waals surface area contributed by atoms with Crippen molar-refractivity contribution < 1.29 is 4.79 Å². The quantitative estimate of drug-likeness (QED) is 0.485.